The lowest BCUT2D eigenvalue weighted by Gasteiger charge is -2.04. The van der Waals surface area contributed by atoms with Crippen LogP contribution in [0.4, 0.5) is 5.69 Å². The highest BCUT2D eigenvalue weighted by Gasteiger charge is 2.13. The van der Waals surface area contributed by atoms with Crippen molar-refractivity contribution in [2.45, 2.75) is 0 Å². The van der Waals surface area contributed by atoms with Crippen molar-refractivity contribution in [2.24, 2.45) is 0 Å². The summed E-state index contributed by atoms with van der Waals surface area (Å²) in [6, 6.07) is 4.07. The van der Waals surface area contributed by atoms with Gasteiger partial charge in [0.25, 0.3) is 0 Å². The van der Waals surface area contributed by atoms with Crippen LogP contribution in [0.2, 0.25) is 5.02 Å². The van der Waals surface area contributed by atoms with Crippen LogP contribution in [0.3, 0.4) is 0 Å². The fourth-order valence-electron chi connectivity index (χ4n) is 0.865. The third-order valence-corrected chi connectivity index (χ3v) is 1.89. The number of ether oxygens (including phenoxy) is 1. The summed E-state index contributed by atoms with van der Waals surface area (Å²) in [5.41, 5.74) is 0.257. The molecule has 0 aromatic heterocycles. The normalized spacial score (nSPS) is 9.47. The van der Waals surface area contributed by atoms with Crippen molar-refractivity contribution in [3.05, 3.63) is 23.2 Å². The number of methoxy groups -OCH3 is 1. The largest absolute Gasteiger partial charge is 0.506 e. The minimum absolute atomic E-state index is 0.158. The van der Waals surface area contributed by atoms with E-state index in [1.165, 1.54) is 18.2 Å². The van der Waals surface area contributed by atoms with E-state index in [1.807, 2.05) is 0 Å². The van der Waals surface area contributed by atoms with Gasteiger partial charge < -0.3 is 15.2 Å². The second-order valence-corrected chi connectivity index (χ2v) is 3.02. The van der Waals surface area contributed by atoms with Crippen LogP contribution in [0, 0.1) is 0 Å². The molecule has 0 aliphatic rings. The zero-order valence-electron chi connectivity index (χ0n) is 7.78. The number of carbonyl (C=O) groups is 2. The quantitative estimate of drug-likeness (QED) is 0.560. The Morgan fingerprint density at radius 2 is 2.13 bits per heavy atom. The summed E-state index contributed by atoms with van der Waals surface area (Å²) >= 11 is 5.55. The number of nitrogens with one attached hydrogen (secondary N) is 1. The number of rotatable bonds is 1. The highest BCUT2D eigenvalue weighted by Crippen LogP contribution is 2.25. The molecule has 80 valence electrons. The molecule has 0 unspecified atom stereocenters. The van der Waals surface area contributed by atoms with Gasteiger partial charge in [-0.05, 0) is 12.1 Å². The van der Waals surface area contributed by atoms with Gasteiger partial charge in [-0.25, -0.2) is 4.79 Å². The van der Waals surface area contributed by atoms with Gasteiger partial charge in [-0.15, -0.1) is 0 Å². The molecule has 0 fully saturated rings. The number of hydrogen-bond acceptors (Lipinski definition) is 4. The number of aromatic hydroxyl groups is 1. The van der Waals surface area contributed by atoms with Gasteiger partial charge in [0.15, 0.2) is 0 Å². The fraction of sp³-hybridized carbons (Fsp3) is 0.111. The molecule has 0 bridgehead atoms. The fourth-order valence-corrected chi connectivity index (χ4v) is 0.983. The first-order valence-corrected chi connectivity index (χ1v) is 4.30. The van der Waals surface area contributed by atoms with Crippen LogP contribution in [0.1, 0.15) is 0 Å². The Morgan fingerprint density at radius 1 is 1.47 bits per heavy atom. The molecule has 0 aliphatic heterocycles. The van der Waals surface area contributed by atoms with Gasteiger partial charge in [0, 0.05) is 11.8 Å². The summed E-state index contributed by atoms with van der Waals surface area (Å²) in [6.45, 7) is 0. The van der Waals surface area contributed by atoms with Gasteiger partial charge in [-0.3, -0.25) is 4.79 Å². The molecule has 2 N–H and O–H groups in total. The minimum Gasteiger partial charge on any atom is -0.506 e. The number of halogens is 1. The molecule has 0 radical (unpaired) electrons. The first-order valence-electron chi connectivity index (χ1n) is 3.92. The molecule has 0 heterocycles. The molecule has 0 spiro atoms. The summed E-state index contributed by atoms with van der Waals surface area (Å²) in [4.78, 5) is 21.8. The highest BCUT2D eigenvalue weighted by atomic mass is 35.5. The molecule has 1 amide bonds. The maximum atomic E-state index is 11.0. The third-order valence-electron chi connectivity index (χ3n) is 1.57. The predicted octanol–water partition coefficient (Wildman–Crippen LogP) is 1.16. The molecular weight excluding hydrogens is 222 g/mol. The minimum atomic E-state index is -1.01. The van der Waals surface area contributed by atoms with Crippen LogP contribution in [0.25, 0.3) is 0 Å². The molecular formula is C9H8ClNO4. The summed E-state index contributed by atoms with van der Waals surface area (Å²) < 4.78 is 4.20. The number of amides is 1. The van der Waals surface area contributed by atoms with Crippen LogP contribution in [-0.2, 0) is 14.3 Å². The number of anilines is 1. The van der Waals surface area contributed by atoms with Crippen molar-refractivity contribution in [3.8, 4) is 5.75 Å². The lowest BCUT2D eigenvalue weighted by Crippen LogP contribution is -2.23. The number of carbonyl (C=O) groups excluding carboxylic acids is 2. The van der Waals surface area contributed by atoms with E-state index in [9.17, 15) is 14.7 Å². The molecule has 0 atom stereocenters. The Hall–Kier alpha value is -1.75. The second-order valence-electron chi connectivity index (χ2n) is 2.61. The second kappa shape index (κ2) is 4.65. The van der Waals surface area contributed by atoms with Crippen molar-refractivity contribution in [1.29, 1.82) is 0 Å². The Bertz CT molecular complexity index is 405. The van der Waals surface area contributed by atoms with Crippen LogP contribution in [-0.4, -0.2) is 24.1 Å². The van der Waals surface area contributed by atoms with E-state index in [4.69, 9.17) is 11.6 Å². The number of phenols is 1. The van der Waals surface area contributed by atoms with Gasteiger partial charge in [-0.2, -0.15) is 0 Å². The summed E-state index contributed by atoms with van der Waals surface area (Å²) in [5, 5.41) is 11.6. The van der Waals surface area contributed by atoms with Crippen molar-refractivity contribution in [3.63, 3.8) is 0 Å². The summed E-state index contributed by atoms with van der Waals surface area (Å²) in [6.07, 6.45) is 0. The van der Waals surface area contributed by atoms with Crippen LogP contribution >= 0.6 is 11.6 Å². The number of benzene rings is 1. The third kappa shape index (κ3) is 2.85. The highest BCUT2D eigenvalue weighted by molar-refractivity contribution is 6.37. The van der Waals surface area contributed by atoms with Gasteiger partial charge in [0.05, 0.1) is 12.1 Å². The van der Waals surface area contributed by atoms with Crippen LogP contribution < -0.4 is 5.32 Å². The van der Waals surface area contributed by atoms with E-state index in [2.05, 4.69) is 10.1 Å². The molecule has 5 nitrogen and oxygen atoms in total. The number of esters is 1. The van der Waals surface area contributed by atoms with E-state index >= 15 is 0 Å². The average molecular weight is 230 g/mol. The topological polar surface area (TPSA) is 75.6 Å². The van der Waals surface area contributed by atoms with E-state index in [0.717, 1.165) is 7.11 Å². The van der Waals surface area contributed by atoms with E-state index in [-0.39, 0.29) is 16.5 Å². The number of phenolic OH excluding ortho intramolecular Hbond substituents is 1. The SMILES string of the molecule is COC(=O)C(=O)Nc1ccc(Cl)c(O)c1. The maximum absolute atomic E-state index is 11.0. The van der Waals surface area contributed by atoms with Crippen molar-refractivity contribution in [1.82, 2.24) is 0 Å². The van der Waals surface area contributed by atoms with Crippen LogP contribution in [0.5, 0.6) is 5.75 Å². The standard InChI is InChI=1S/C9H8ClNO4/c1-15-9(14)8(13)11-5-2-3-6(10)7(12)4-5/h2-4,12H,1H3,(H,11,13). The van der Waals surface area contributed by atoms with E-state index < -0.39 is 11.9 Å². The molecule has 6 heteroatoms. The zero-order chi connectivity index (χ0) is 11.4. The van der Waals surface area contributed by atoms with Crippen molar-refractivity contribution < 1.29 is 19.4 Å². The summed E-state index contributed by atoms with van der Waals surface area (Å²) in [5.74, 6) is -2.11. The molecule has 0 saturated heterocycles. The Balaban J connectivity index is 2.77. The first-order chi connectivity index (χ1) is 7.04. The maximum Gasteiger partial charge on any atom is 0.396 e. The zero-order valence-corrected chi connectivity index (χ0v) is 8.54. The van der Waals surface area contributed by atoms with Crippen molar-refractivity contribution in [2.75, 3.05) is 12.4 Å². The number of hydrogen-bond donors (Lipinski definition) is 2. The van der Waals surface area contributed by atoms with Gasteiger partial charge in [0.1, 0.15) is 5.75 Å². The van der Waals surface area contributed by atoms with Crippen LogP contribution in [0.15, 0.2) is 18.2 Å². The Kier molecular flexibility index (Phi) is 3.51. The predicted molar refractivity (Wildman–Crippen MR) is 53.8 cm³/mol. The molecule has 1 aromatic carbocycles. The summed E-state index contributed by atoms with van der Waals surface area (Å²) in [7, 11) is 1.10. The molecule has 15 heavy (non-hydrogen) atoms. The van der Waals surface area contributed by atoms with Gasteiger partial charge in [-0.1, -0.05) is 11.6 Å². The lowest BCUT2D eigenvalue weighted by atomic mass is 10.3. The molecule has 1 rings (SSSR count). The first kappa shape index (κ1) is 11.3. The smallest absolute Gasteiger partial charge is 0.396 e. The average Bonchev–Trinajstić information content (AvgIpc) is 2.22. The Morgan fingerprint density at radius 3 is 2.67 bits per heavy atom. The van der Waals surface area contributed by atoms with Gasteiger partial charge in [0.2, 0.25) is 0 Å². The molecule has 1 aromatic rings. The lowest BCUT2D eigenvalue weighted by molar-refractivity contribution is -0.150. The van der Waals surface area contributed by atoms with Gasteiger partial charge >= 0.3 is 11.9 Å². The van der Waals surface area contributed by atoms with E-state index in [0.29, 0.717) is 0 Å². The molecule has 0 saturated carbocycles. The van der Waals surface area contributed by atoms with Crippen molar-refractivity contribution >= 4 is 29.2 Å². The molecule has 0 aliphatic carbocycles. The monoisotopic (exact) mass is 229 g/mol. The Labute approximate surface area is 90.6 Å². The van der Waals surface area contributed by atoms with E-state index in [1.54, 1.807) is 0 Å².